The van der Waals surface area contributed by atoms with Crippen molar-refractivity contribution in [3.8, 4) is 6.07 Å². The van der Waals surface area contributed by atoms with E-state index in [4.69, 9.17) is 5.26 Å². The first-order chi connectivity index (χ1) is 9.76. The van der Waals surface area contributed by atoms with Gasteiger partial charge in [0.15, 0.2) is 5.82 Å². The molecule has 0 N–H and O–H groups in total. The highest BCUT2D eigenvalue weighted by atomic mass is 16.2. The summed E-state index contributed by atoms with van der Waals surface area (Å²) in [6.07, 6.45) is 2.04. The molecule has 0 atom stereocenters. The number of aromatic nitrogens is 3. The molecule has 1 aromatic carbocycles. The van der Waals surface area contributed by atoms with E-state index < -0.39 is 0 Å². The van der Waals surface area contributed by atoms with E-state index in [1.165, 1.54) is 0 Å². The molecule has 0 saturated carbocycles. The van der Waals surface area contributed by atoms with E-state index in [9.17, 15) is 4.79 Å². The number of nitriles is 1. The lowest BCUT2D eigenvalue weighted by Gasteiger charge is -2.27. The molecule has 1 amide bonds. The van der Waals surface area contributed by atoms with Gasteiger partial charge < -0.3 is 9.47 Å². The summed E-state index contributed by atoms with van der Waals surface area (Å²) in [5, 5.41) is 16.6. The maximum atomic E-state index is 12.3. The van der Waals surface area contributed by atoms with Crippen molar-refractivity contribution in [2.75, 3.05) is 6.54 Å². The second kappa shape index (κ2) is 5.13. The smallest absolute Gasteiger partial charge is 0.227 e. The van der Waals surface area contributed by atoms with Gasteiger partial charge in [0.25, 0.3) is 0 Å². The summed E-state index contributed by atoms with van der Waals surface area (Å²) in [5.41, 5.74) is 1.52. The molecule has 0 spiro atoms. The Balaban J connectivity index is 1.66. The standard InChI is InChI=1S/C14H13N5O/c15-8-12-3-1-11(2-4-12)7-14(20)18-5-6-19-10-16-17-13(19)9-18/h1-4,10H,5-7,9H2. The summed E-state index contributed by atoms with van der Waals surface area (Å²) < 4.78 is 1.96. The SMILES string of the molecule is N#Cc1ccc(CC(=O)N2CCn3cnnc3C2)cc1. The van der Waals surface area contributed by atoms with Crippen molar-refractivity contribution in [2.24, 2.45) is 0 Å². The number of amides is 1. The van der Waals surface area contributed by atoms with Crippen LogP contribution in [0.25, 0.3) is 0 Å². The van der Waals surface area contributed by atoms with Gasteiger partial charge in [0.05, 0.1) is 24.6 Å². The highest BCUT2D eigenvalue weighted by Crippen LogP contribution is 2.12. The molecule has 2 aromatic rings. The molecule has 0 unspecified atom stereocenters. The summed E-state index contributed by atoms with van der Waals surface area (Å²) in [4.78, 5) is 14.1. The number of carbonyl (C=O) groups is 1. The summed E-state index contributed by atoms with van der Waals surface area (Å²) in [7, 11) is 0. The van der Waals surface area contributed by atoms with Crippen molar-refractivity contribution in [1.29, 1.82) is 5.26 Å². The van der Waals surface area contributed by atoms with Crippen LogP contribution in [-0.4, -0.2) is 32.1 Å². The van der Waals surface area contributed by atoms with Crippen molar-refractivity contribution in [2.45, 2.75) is 19.5 Å². The summed E-state index contributed by atoms with van der Waals surface area (Å²) in [6.45, 7) is 1.93. The molecule has 0 aliphatic carbocycles. The van der Waals surface area contributed by atoms with Crippen LogP contribution in [0.3, 0.4) is 0 Å². The Morgan fingerprint density at radius 2 is 2.10 bits per heavy atom. The van der Waals surface area contributed by atoms with Crippen LogP contribution < -0.4 is 0 Å². The van der Waals surface area contributed by atoms with E-state index in [-0.39, 0.29) is 5.91 Å². The first kappa shape index (κ1) is 12.4. The van der Waals surface area contributed by atoms with E-state index in [1.54, 1.807) is 23.4 Å². The molecule has 20 heavy (non-hydrogen) atoms. The molecule has 6 nitrogen and oxygen atoms in total. The summed E-state index contributed by atoms with van der Waals surface area (Å²) in [6, 6.07) is 9.17. The Morgan fingerprint density at radius 3 is 2.85 bits per heavy atom. The minimum atomic E-state index is 0.0731. The van der Waals surface area contributed by atoms with E-state index in [0.29, 0.717) is 25.1 Å². The Hall–Kier alpha value is -2.68. The van der Waals surface area contributed by atoms with E-state index in [1.807, 2.05) is 16.7 Å². The van der Waals surface area contributed by atoms with Gasteiger partial charge >= 0.3 is 0 Å². The number of fused-ring (bicyclic) bond motifs is 1. The zero-order chi connectivity index (χ0) is 13.9. The average molecular weight is 267 g/mol. The maximum absolute atomic E-state index is 12.3. The minimum Gasteiger partial charge on any atom is -0.333 e. The number of rotatable bonds is 2. The van der Waals surface area contributed by atoms with Gasteiger partial charge in [-0.25, -0.2) is 0 Å². The highest BCUT2D eigenvalue weighted by Gasteiger charge is 2.21. The molecule has 0 saturated heterocycles. The normalized spacial score (nSPS) is 13.7. The molecule has 1 aliphatic rings. The average Bonchev–Trinajstić information content (AvgIpc) is 2.95. The van der Waals surface area contributed by atoms with Crippen LogP contribution in [0, 0.1) is 11.3 Å². The lowest BCUT2D eigenvalue weighted by molar-refractivity contribution is -0.132. The third kappa shape index (κ3) is 2.38. The number of nitrogens with zero attached hydrogens (tertiary/aromatic N) is 5. The summed E-state index contributed by atoms with van der Waals surface area (Å²) >= 11 is 0. The Kier molecular flexibility index (Phi) is 3.17. The molecular weight excluding hydrogens is 254 g/mol. The summed E-state index contributed by atoms with van der Waals surface area (Å²) in [5.74, 6) is 0.897. The molecule has 3 rings (SSSR count). The van der Waals surface area contributed by atoms with Gasteiger partial charge in [-0.05, 0) is 17.7 Å². The third-order valence-electron chi connectivity index (χ3n) is 3.43. The Labute approximate surface area is 116 Å². The van der Waals surface area contributed by atoms with Crippen molar-refractivity contribution >= 4 is 5.91 Å². The fourth-order valence-corrected chi connectivity index (χ4v) is 2.26. The fourth-order valence-electron chi connectivity index (χ4n) is 2.26. The molecule has 0 fully saturated rings. The zero-order valence-corrected chi connectivity index (χ0v) is 10.9. The van der Waals surface area contributed by atoms with Gasteiger partial charge in [-0.2, -0.15) is 5.26 Å². The van der Waals surface area contributed by atoms with Crippen LogP contribution in [0.4, 0.5) is 0 Å². The van der Waals surface area contributed by atoms with Gasteiger partial charge in [-0.1, -0.05) is 12.1 Å². The van der Waals surface area contributed by atoms with Crippen LogP contribution in [0.1, 0.15) is 17.0 Å². The Morgan fingerprint density at radius 1 is 1.30 bits per heavy atom. The van der Waals surface area contributed by atoms with Crippen LogP contribution in [-0.2, 0) is 24.3 Å². The Bertz CT molecular complexity index is 668. The van der Waals surface area contributed by atoms with Gasteiger partial charge in [0.1, 0.15) is 6.33 Å². The molecule has 0 bridgehead atoms. The zero-order valence-electron chi connectivity index (χ0n) is 10.9. The molecule has 1 aromatic heterocycles. The van der Waals surface area contributed by atoms with Crippen LogP contribution in [0.2, 0.25) is 0 Å². The first-order valence-corrected chi connectivity index (χ1v) is 6.40. The van der Waals surface area contributed by atoms with Crippen LogP contribution >= 0.6 is 0 Å². The minimum absolute atomic E-state index is 0.0731. The molecule has 100 valence electrons. The predicted octanol–water partition coefficient (Wildman–Crippen LogP) is 0.735. The fraction of sp³-hybridized carbons (Fsp3) is 0.286. The molecular formula is C14H13N5O. The van der Waals surface area contributed by atoms with Crippen molar-refractivity contribution < 1.29 is 4.79 Å². The van der Waals surface area contributed by atoms with Gasteiger partial charge in [0, 0.05) is 13.1 Å². The van der Waals surface area contributed by atoms with E-state index in [2.05, 4.69) is 16.3 Å². The van der Waals surface area contributed by atoms with Crippen molar-refractivity contribution in [1.82, 2.24) is 19.7 Å². The number of benzene rings is 1. The second-order valence-corrected chi connectivity index (χ2v) is 4.74. The highest BCUT2D eigenvalue weighted by molar-refractivity contribution is 5.78. The number of carbonyl (C=O) groups excluding carboxylic acids is 1. The van der Waals surface area contributed by atoms with Gasteiger partial charge in [-0.3, -0.25) is 4.79 Å². The van der Waals surface area contributed by atoms with E-state index in [0.717, 1.165) is 17.9 Å². The third-order valence-corrected chi connectivity index (χ3v) is 3.43. The quantitative estimate of drug-likeness (QED) is 0.804. The van der Waals surface area contributed by atoms with Crippen LogP contribution in [0.15, 0.2) is 30.6 Å². The number of hydrogen-bond acceptors (Lipinski definition) is 4. The molecule has 0 radical (unpaired) electrons. The van der Waals surface area contributed by atoms with Crippen molar-refractivity contribution in [3.63, 3.8) is 0 Å². The van der Waals surface area contributed by atoms with Crippen LogP contribution in [0.5, 0.6) is 0 Å². The predicted molar refractivity (Wildman–Crippen MR) is 70.3 cm³/mol. The van der Waals surface area contributed by atoms with Gasteiger partial charge in [-0.15, -0.1) is 10.2 Å². The second-order valence-electron chi connectivity index (χ2n) is 4.74. The topological polar surface area (TPSA) is 74.8 Å². The van der Waals surface area contributed by atoms with Crippen molar-refractivity contribution in [3.05, 3.63) is 47.5 Å². The monoisotopic (exact) mass is 267 g/mol. The maximum Gasteiger partial charge on any atom is 0.227 e. The molecule has 2 heterocycles. The molecule has 1 aliphatic heterocycles. The largest absolute Gasteiger partial charge is 0.333 e. The first-order valence-electron chi connectivity index (χ1n) is 6.40. The molecule has 6 heteroatoms. The lowest BCUT2D eigenvalue weighted by Crippen LogP contribution is -2.39. The lowest BCUT2D eigenvalue weighted by atomic mass is 10.1. The van der Waals surface area contributed by atoms with Gasteiger partial charge in [0.2, 0.25) is 5.91 Å². The number of hydrogen-bond donors (Lipinski definition) is 0. The van der Waals surface area contributed by atoms with E-state index >= 15 is 0 Å².